The number of methoxy groups -OCH3 is 1. The van der Waals surface area contributed by atoms with Crippen molar-refractivity contribution >= 4 is 12.2 Å². The molecule has 1 saturated carbocycles. The molecule has 1 aliphatic rings. The first kappa shape index (κ1) is 15.6. The van der Waals surface area contributed by atoms with Crippen LogP contribution in [0.15, 0.2) is 0 Å². The summed E-state index contributed by atoms with van der Waals surface area (Å²) in [7, 11) is 1.35. The van der Waals surface area contributed by atoms with Crippen LogP contribution in [0.4, 0.5) is 9.59 Å². The molecule has 0 spiro atoms. The predicted octanol–water partition coefficient (Wildman–Crippen LogP) is 2.18. The zero-order valence-corrected chi connectivity index (χ0v) is 12.1. The van der Waals surface area contributed by atoms with Gasteiger partial charge < -0.3 is 20.1 Å². The van der Waals surface area contributed by atoms with Gasteiger partial charge in [0.1, 0.15) is 5.60 Å². The molecule has 0 unspecified atom stereocenters. The highest BCUT2D eigenvalue weighted by atomic mass is 16.6. The van der Waals surface area contributed by atoms with Gasteiger partial charge in [0, 0.05) is 12.1 Å². The summed E-state index contributed by atoms with van der Waals surface area (Å²) in [5.74, 6) is 0. The van der Waals surface area contributed by atoms with E-state index >= 15 is 0 Å². The minimum atomic E-state index is -0.478. The molecule has 0 aromatic rings. The molecule has 110 valence electrons. The number of hydrogen-bond donors (Lipinski definition) is 2. The Kier molecular flexibility index (Phi) is 5.44. The molecule has 0 saturated heterocycles. The van der Waals surface area contributed by atoms with Gasteiger partial charge in [-0.05, 0) is 46.5 Å². The summed E-state index contributed by atoms with van der Waals surface area (Å²) in [4.78, 5) is 22.7. The summed E-state index contributed by atoms with van der Waals surface area (Å²) in [6, 6.07) is 0.245. The van der Waals surface area contributed by atoms with Crippen LogP contribution in [0.25, 0.3) is 0 Å². The van der Waals surface area contributed by atoms with Gasteiger partial charge in [-0.15, -0.1) is 0 Å². The topological polar surface area (TPSA) is 76.7 Å². The van der Waals surface area contributed by atoms with E-state index in [1.54, 1.807) is 0 Å². The number of alkyl carbamates (subject to hydrolysis) is 2. The molecule has 2 N–H and O–H groups in total. The zero-order chi connectivity index (χ0) is 14.5. The van der Waals surface area contributed by atoms with Crippen LogP contribution in [0, 0.1) is 0 Å². The maximum atomic E-state index is 11.6. The average molecular weight is 272 g/mol. The van der Waals surface area contributed by atoms with Gasteiger partial charge in [-0.1, -0.05) is 0 Å². The lowest BCUT2D eigenvalue weighted by molar-refractivity contribution is 0.0489. The smallest absolute Gasteiger partial charge is 0.407 e. The van der Waals surface area contributed by atoms with E-state index < -0.39 is 11.7 Å². The number of hydrogen-bond acceptors (Lipinski definition) is 4. The molecule has 0 radical (unpaired) electrons. The molecule has 1 aliphatic carbocycles. The number of rotatable bonds is 2. The second-order valence-corrected chi connectivity index (χ2v) is 5.83. The highest BCUT2D eigenvalue weighted by Crippen LogP contribution is 2.19. The lowest BCUT2D eigenvalue weighted by atomic mass is 9.91. The van der Waals surface area contributed by atoms with Crippen molar-refractivity contribution in [3.8, 4) is 0 Å². The summed E-state index contributed by atoms with van der Waals surface area (Å²) in [6.45, 7) is 5.51. The molecular formula is C13H24N2O4. The predicted molar refractivity (Wildman–Crippen MR) is 71.0 cm³/mol. The Hall–Kier alpha value is -1.46. The van der Waals surface area contributed by atoms with Gasteiger partial charge in [0.15, 0.2) is 0 Å². The van der Waals surface area contributed by atoms with Crippen molar-refractivity contribution in [3.05, 3.63) is 0 Å². The number of ether oxygens (including phenoxy) is 2. The molecular weight excluding hydrogens is 248 g/mol. The number of amides is 2. The Bertz CT molecular complexity index is 317. The summed E-state index contributed by atoms with van der Waals surface area (Å²) < 4.78 is 9.77. The van der Waals surface area contributed by atoms with Crippen LogP contribution in [0.3, 0.4) is 0 Å². The summed E-state index contributed by atoms with van der Waals surface area (Å²) in [6.07, 6.45) is 2.54. The van der Waals surface area contributed by atoms with E-state index in [0.717, 1.165) is 25.7 Å². The van der Waals surface area contributed by atoms with Gasteiger partial charge in [-0.3, -0.25) is 0 Å². The third-order valence-corrected chi connectivity index (χ3v) is 2.96. The quantitative estimate of drug-likeness (QED) is 0.807. The number of carbonyl (C=O) groups is 2. The lowest BCUT2D eigenvalue weighted by Gasteiger charge is -2.30. The third kappa shape index (κ3) is 6.31. The Morgan fingerprint density at radius 1 is 0.947 bits per heavy atom. The molecule has 2 amide bonds. The van der Waals surface area contributed by atoms with Gasteiger partial charge >= 0.3 is 12.2 Å². The summed E-state index contributed by atoms with van der Waals surface area (Å²) in [5, 5.41) is 5.63. The van der Waals surface area contributed by atoms with Crippen LogP contribution in [-0.2, 0) is 9.47 Å². The van der Waals surface area contributed by atoms with Crippen molar-refractivity contribution in [1.29, 1.82) is 0 Å². The van der Waals surface area contributed by atoms with Crippen LogP contribution in [0.5, 0.6) is 0 Å². The first-order valence-corrected chi connectivity index (χ1v) is 6.64. The van der Waals surface area contributed by atoms with Crippen LogP contribution in [-0.4, -0.2) is 37.0 Å². The third-order valence-electron chi connectivity index (χ3n) is 2.96. The highest BCUT2D eigenvalue weighted by Gasteiger charge is 2.25. The molecule has 19 heavy (non-hydrogen) atoms. The maximum absolute atomic E-state index is 11.6. The van der Waals surface area contributed by atoms with Crippen LogP contribution in [0.2, 0.25) is 0 Å². The maximum Gasteiger partial charge on any atom is 0.407 e. The van der Waals surface area contributed by atoms with E-state index in [2.05, 4.69) is 15.4 Å². The molecule has 1 rings (SSSR count). The average Bonchev–Trinajstić information content (AvgIpc) is 2.29. The summed E-state index contributed by atoms with van der Waals surface area (Å²) in [5.41, 5.74) is -0.478. The standard InChI is InChI=1S/C13H24N2O4/c1-13(2,3)19-12(17)15-10-7-5-9(6-8-10)14-11(16)18-4/h9-10H,5-8H2,1-4H3,(H,14,16)(H,15,17). The van der Waals surface area contributed by atoms with Crippen LogP contribution >= 0.6 is 0 Å². The molecule has 0 heterocycles. The number of carbonyl (C=O) groups excluding carboxylic acids is 2. The fourth-order valence-corrected chi connectivity index (χ4v) is 2.08. The van der Waals surface area contributed by atoms with Crippen molar-refractivity contribution in [2.75, 3.05) is 7.11 Å². The molecule has 0 aliphatic heterocycles. The molecule has 6 nitrogen and oxygen atoms in total. The Labute approximate surface area is 114 Å². The monoisotopic (exact) mass is 272 g/mol. The minimum absolute atomic E-state index is 0.116. The van der Waals surface area contributed by atoms with Crippen molar-refractivity contribution in [1.82, 2.24) is 10.6 Å². The normalized spacial score (nSPS) is 23.4. The van der Waals surface area contributed by atoms with E-state index in [1.807, 2.05) is 20.8 Å². The van der Waals surface area contributed by atoms with E-state index in [1.165, 1.54) is 7.11 Å². The zero-order valence-electron chi connectivity index (χ0n) is 12.1. The molecule has 0 aromatic heterocycles. The first-order chi connectivity index (χ1) is 8.80. The Morgan fingerprint density at radius 3 is 1.74 bits per heavy atom. The SMILES string of the molecule is COC(=O)NC1CCC(NC(=O)OC(C)(C)C)CC1. The fourth-order valence-electron chi connectivity index (χ4n) is 2.08. The van der Waals surface area contributed by atoms with E-state index in [9.17, 15) is 9.59 Å². The van der Waals surface area contributed by atoms with Crippen LogP contribution in [0.1, 0.15) is 46.5 Å². The second kappa shape index (κ2) is 6.63. The van der Waals surface area contributed by atoms with Crippen molar-refractivity contribution in [2.45, 2.75) is 64.1 Å². The Balaban J connectivity index is 2.26. The largest absolute Gasteiger partial charge is 0.453 e. The molecule has 0 aromatic carbocycles. The van der Waals surface area contributed by atoms with Crippen LogP contribution < -0.4 is 10.6 Å². The van der Waals surface area contributed by atoms with E-state index in [0.29, 0.717) is 0 Å². The lowest BCUT2D eigenvalue weighted by Crippen LogP contribution is -2.45. The van der Waals surface area contributed by atoms with Gasteiger partial charge in [-0.2, -0.15) is 0 Å². The van der Waals surface area contributed by atoms with Gasteiger partial charge in [0.05, 0.1) is 7.11 Å². The van der Waals surface area contributed by atoms with Gasteiger partial charge in [0.2, 0.25) is 0 Å². The van der Waals surface area contributed by atoms with Gasteiger partial charge in [-0.25, -0.2) is 9.59 Å². The molecule has 6 heteroatoms. The van der Waals surface area contributed by atoms with Gasteiger partial charge in [0.25, 0.3) is 0 Å². The van der Waals surface area contributed by atoms with Crippen molar-refractivity contribution in [2.24, 2.45) is 0 Å². The highest BCUT2D eigenvalue weighted by molar-refractivity contribution is 5.68. The molecule has 1 fully saturated rings. The minimum Gasteiger partial charge on any atom is -0.453 e. The van der Waals surface area contributed by atoms with E-state index in [-0.39, 0.29) is 18.2 Å². The molecule has 0 bridgehead atoms. The first-order valence-electron chi connectivity index (χ1n) is 6.64. The molecule has 0 atom stereocenters. The van der Waals surface area contributed by atoms with E-state index in [4.69, 9.17) is 4.74 Å². The second-order valence-electron chi connectivity index (χ2n) is 5.83. The summed E-state index contributed by atoms with van der Waals surface area (Å²) >= 11 is 0. The van der Waals surface area contributed by atoms with Crippen molar-refractivity contribution < 1.29 is 19.1 Å². The Morgan fingerprint density at radius 2 is 1.37 bits per heavy atom. The number of nitrogens with one attached hydrogen (secondary N) is 2. The van der Waals surface area contributed by atoms with Crippen molar-refractivity contribution in [3.63, 3.8) is 0 Å². The fraction of sp³-hybridized carbons (Fsp3) is 0.846.